The third-order valence-corrected chi connectivity index (χ3v) is 5.19. The van der Waals surface area contributed by atoms with E-state index < -0.39 is 0 Å². The quantitative estimate of drug-likeness (QED) is 0.464. The molecule has 4 nitrogen and oxygen atoms in total. The number of ether oxygens (including phenoxy) is 2. The van der Waals surface area contributed by atoms with Crippen molar-refractivity contribution in [1.82, 2.24) is 0 Å². The first-order valence-electron chi connectivity index (χ1n) is 10.2. The van der Waals surface area contributed by atoms with Crippen LogP contribution in [0.5, 0.6) is 11.5 Å². The lowest BCUT2D eigenvalue weighted by Gasteiger charge is -2.30. The van der Waals surface area contributed by atoms with E-state index in [1.807, 2.05) is 67.6 Å². The zero-order valence-electron chi connectivity index (χ0n) is 17.4. The molecule has 0 spiro atoms. The number of para-hydroxylation sites is 1. The van der Waals surface area contributed by atoms with E-state index in [4.69, 9.17) is 9.47 Å². The number of allylic oxidation sites excluding steroid dienone is 3. The summed E-state index contributed by atoms with van der Waals surface area (Å²) in [5.41, 5.74) is 3.08. The second-order valence-electron chi connectivity index (χ2n) is 7.15. The third-order valence-electron chi connectivity index (χ3n) is 5.19. The van der Waals surface area contributed by atoms with E-state index >= 15 is 0 Å². The minimum atomic E-state index is -0.348. The molecule has 0 radical (unpaired) electrons. The highest BCUT2D eigenvalue weighted by molar-refractivity contribution is 5.75. The fraction of sp³-hybridized carbons (Fsp3) is 0.111. The van der Waals surface area contributed by atoms with Crippen LogP contribution in [0, 0.1) is 28.5 Å². The van der Waals surface area contributed by atoms with Gasteiger partial charge in [0.05, 0.1) is 6.61 Å². The Labute approximate surface area is 186 Å². The Morgan fingerprint density at radius 3 is 2.34 bits per heavy atom. The van der Waals surface area contributed by atoms with Gasteiger partial charge >= 0.3 is 0 Å². The van der Waals surface area contributed by atoms with Gasteiger partial charge in [0, 0.05) is 22.6 Å². The first-order valence-corrected chi connectivity index (χ1v) is 10.2. The lowest BCUT2D eigenvalue weighted by atomic mass is 9.80. The van der Waals surface area contributed by atoms with E-state index in [2.05, 4.69) is 0 Å². The van der Waals surface area contributed by atoms with Crippen molar-refractivity contribution in [3.05, 3.63) is 113 Å². The van der Waals surface area contributed by atoms with E-state index in [9.17, 15) is 14.9 Å². The fourth-order valence-electron chi connectivity index (χ4n) is 3.78. The number of rotatable bonds is 5. The molecule has 0 aromatic heterocycles. The molecule has 1 atom stereocenters. The van der Waals surface area contributed by atoms with Crippen LogP contribution in [0.3, 0.4) is 0 Å². The van der Waals surface area contributed by atoms with Crippen molar-refractivity contribution in [2.75, 3.05) is 6.61 Å². The van der Waals surface area contributed by atoms with E-state index in [1.165, 1.54) is 12.1 Å². The van der Waals surface area contributed by atoms with Crippen molar-refractivity contribution >= 4 is 5.76 Å². The Hall–Kier alpha value is -4.35. The van der Waals surface area contributed by atoms with Crippen LogP contribution in [0.2, 0.25) is 0 Å². The second kappa shape index (κ2) is 9.20. The average molecular weight is 422 g/mol. The summed E-state index contributed by atoms with van der Waals surface area (Å²) in [5, 5.41) is 18.9. The summed E-state index contributed by atoms with van der Waals surface area (Å²) in [6, 6.07) is 25.1. The number of fused-ring (bicyclic) bond motifs is 1. The normalized spacial score (nSPS) is 14.4. The van der Waals surface area contributed by atoms with Crippen molar-refractivity contribution in [2.45, 2.75) is 12.8 Å². The summed E-state index contributed by atoms with van der Waals surface area (Å²) >= 11 is 0. The Bertz CT molecular complexity index is 1260. The number of nitrogens with zero attached hydrogens (tertiary/aromatic N) is 2. The molecule has 3 aromatic carbocycles. The van der Waals surface area contributed by atoms with E-state index in [1.54, 1.807) is 18.2 Å². The van der Waals surface area contributed by atoms with Crippen molar-refractivity contribution in [2.24, 2.45) is 0 Å². The molecule has 3 aromatic rings. The van der Waals surface area contributed by atoms with Gasteiger partial charge in [-0.05, 0) is 61.0 Å². The fourth-order valence-corrected chi connectivity index (χ4v) is 3.78. The average Bonchev–Trinajstić information content (AvgIpc) is 2.83. The molecule has 0 saturated heterocycles. The van der Waals surface area contributed by atoms with Crippen molar-refractivity contribution < 1.29 is 13.9 Å². The number of hydrogen-bond acceptors (Lipinski definition) is 4. The molecule has 0 N–H and O–H groups in total. The summed E-state index contributed by atoms with van der Waals surface area (Å²) in [7, 11) is 0. The zero-order valence-corrected chi connectivity index (χ0v) is 17.4. The van der Waals surface area contributed by atoms with E-state index in [0.29, 0.717) is 23.7 Å². The van der Waals surface area contributed by atoms with Crippen LogP contribution in [0.25, 0.3) is 5.76 Å². The van der Waals surface area contributed by atoms with Crippen LogP contribution in [-0.2, 0) is 0 Å². The maximum Gasteiger partial charge on any atom is 0.138 e. The molecule has 32 heavy (non-hydrogen) atoms. The predicted molar refractivity (Wildman–Crippen MR) is 119 cm³/mol. The summed E-state index contributed by atoms with van der Waals surface area (Å²) in [6.07, 6.45) is 1.55. The SMILES string of the molecule is CCOc1ccc(C2=C(C=C(C#N)C#N)[C@H](c3ccc(F)cc3)c3ccccc3O2)cc1. The Morgan fingerprint density at radius 2 is 1.69 bits per heavy atom. The molecule has 156 valence electrons. The molecular formula is C27H19FN2O2. The van der Waals surface area contributed by atoms with E-state index in [0.717, 1.165) is 22.4 Å². The van der Waals surface area contributed by atoms with Crippen LogP contribution in [0.4, 0.5) is 4.39 Å². The molecule has 0 fully saturated rings. The summed E-state index contributed by atoms with van der Waals surface area (Å²) < 4.78 is 25.5. The van der Waals surface area contributed by atoms with Gasteiger partial charge in [-0.2, -0.15) is 10.5 Å². The zero-order chi connectivity index (χ0) is 22.5. The molecule has 0 amide bonds. The third kappa shape index (κ3) is 4.10. The van der Waals surface area contributed by atoms with Gasteiger partial charge in [0.15, 0.2) is 0 Å². The summed E-state index contributed by atoms with van der Waals surface area (Å²) in [4.78, 5) is 0. The van der Waals surface area contributed by atoms with Gasteiger partial charge in [-0.15, -0.1) is 0 Å². The topological polar surface area (TPSA) is 66.0 Å². The molecule has 1 heterocycles. The van der Waals surface area contributed by atoms with Gasteiger partial charge in [-0.1, -0.05) is 30.3 Å². The van der Waals surface area contributed by atoms with Crippen LogP contribution in [-0.4, -0.2) is 6.61 Å². The predicted octanol–water partition coefficient (Wildman–Crippen LogP) is 6.13. The van der Waals surface area contributed by atoms with Crippen molar-refractivity contribution in [1.29, 1.82) is 10.5 Å². The number of nitriles is 2. The van der Waals surface area contributed by atoms with Crippen LogP contribution < -0.4 is 9.47 Å². The van der Waals surface area contributed by atoms with Gasteiger partial charge in [0.1, 0.15) is 40.8 Å². The highest BCUT2D eigenvalue weighted by atomic mass is 19.1. The monoisotopic (exact) mass is 422 g/mol. The lowest BCUT2D eigenvalue weighted by Crippen LogP contribution is -2.16. The highest BCUT2D eigenvalue weighted by Gasteiger charge is 2.31. The number of halogens is 1. The van der Waals surface area contributed by atoms with Crippen LogP contribution in [0.1, 0.15) is 29.5 Å². The first kappa shape index (κ1) is 20.9. The van der Waals surface area contributed by atoms with E-state index in [-0.39, 0.29) is 17.3 Å². The molecule has 5 heteroatoms. The largest absolute Gasteiger partial charge is 0.494 e. The molecule has 1 aliphatic heterocycles. The second-order valence-corrected chi connectivity index (χ2v) is 7.15. The molecular weight excluding hydrogens is 403 g/mol. The summed E-state index contributed by atoms with van der Waals surface area (Å²) in [5.74, 6) is 1.24. The van der Waals surface area contributed by atoms with Crippen LogP contribution >= 0.6 is 0 Å². The Kier molecular flexibility index (Phi) is 6.01. The molecule has 4 rings (SSSR count). The summed E-state index contributed by atoms with van der Waals surface area (Å²) in [6.45, 7) is 2.47. The van der Waals surface area contributed by atoms with Gasteiger partial charge in [0.25, 0.3) is 0 Å². The molecule has 0 unspecified atom stereocenters. The van der Waals surface area contributed by atoms with Crippen LogP contribution in [0.15, 0.2) is 90.0 Å². The minimum absolute atomic E-state index is 0.0430. The first-order chi connectivity index (χ1) is 15.6. The lowest BCUT2D eigenvalue weighted by molar-refractivity contribution is 0.340. The smallest absolute Gasteiger partial charge is 0.138 e. The molecule has 0 saturated carbocycles. The van der Waals surface area contributed by atoms with Crippen molar-refractivity contribution in [3.8, 4) is 23.6 Å². The highest BCUT2D eigenvalue weighted by Crippen LogP contribution is 2.46. The van der Waals surface area contributed by atoms with Crippen molar-refractivity contribution in [3.63, 3.8) is 0 Å². The maximum atomic E-state index is 13.7. The maximum absolute atomic E-state index is 13.7. The van der Waals surface area contributed by atoms with Gasteiger partial charge < -0.3 is 9.47 Å². The number of hydrogen-bond donors (Lipinski definition) is 0. The molecule has 1 aliphatic rings. The molecule has 0 aliphatic carbocycles. The standard InChI is InChI=1S/C27H19FN2O2/c1-2-31-22-13-9-20(10-14-22)27-24(15-18(16-29)17-30)26(19-7-11-21(28)12-8-19)23-5-3-4-6-25(23)32-27/h3-15,26H,2H2,1H3/t26-/m1/s1. The molecule has 0 bridgehead atoms. The van der Waals surface area contributed by atoms with Gasteiger partial charge in [-0.3, -0.25) is 0 Å². The van der Waals surface area contributed by atoms with Gasteiger partial charge in [-0.25, -0.2) is 4.39 Å². The Balaban J connectivity index is 1.97. The minimum Gasteiger partial charge on any atom is -0.494 e. The number of benzene rings is 3. The van der Waals surface area contributed by atoms with Gasteiger partial charge in [0.2, 0.25) is 0 Å². The Morgan fingerprint density at radius 1 is 1.00 bits per heavy atom.